The summed E-state index contributed by atoms with van der Waals surface area (Å²) in [6.07, 6.45) is 3.88. The van der Waals surface area contributed by atoms with E-state index < -0.39 is 11.6 Å². The lowest BCUT2D eigenvalue weighted by molar-refractivity contribution is -0.116. The maximum atomic E-state index is 12.9. The van der Waals surface area contributed by atoms with Gasteiger partial charge in [-0.05, 0) is 35.9 Å². The lowest BCUT2D eigenvalue weighted by Crippen LogP contribution is -2.21. The highest BCUT2D eigenvalue weighted by atomic mass is 16.5. The molecule has 3 aromatic carbocycles. The Kier molecular flexibility index (Phi) is 8.64. The van der Waals surface area contributed by atoms with E-state index in [1.165, 1.54) is 13.4 Å². The molecule has 4 aromatic rings. The summed E-state index contributed by atoms with van der Waals surface area (Å²) in [6, 6.07) is 19.3. The average molecular weight is 566 g/mol. The van der Waals surface area contributed by atoms with E-state index in [9.17, 15) is 14.4 Å². The first-order chi connectivity index (χ1) is 20.4. The van der Waals surface area contributed by atoms with E-state index in [-0.39, 0.29) is 23.7 Å². The molecule has 0 saturated heterocycles. The molecule has 0 aliphatic heterocycles. The lowest BCUT2D eigenvalue weighted by Gasteiger charge is -2.16. The SMILES string of the molecule is COCCOc1cc2ncnc(NC3=CC(=O)C(Oc4ccc(C(=O)Cc5ccccc5)cc4)=CC3=O)c2cc1OC. The van der Waals surface area contributed by atoms with Crippen molar-refractivity contribution in [1.29, 1.82) is 0 Å². The summed E-state index contributed by atoms with van der Waals surface area (Å²) in [7, 11) is 3.09. The molecule has 1 N–H and O–H groups in total. The van der Waals surface area contributed by atoms with Crippen LogP contribution in [0.1, 0.15) is 15.9 Å². The Morgan fingerprint density at radius 3 is 2.38 bits per heavy atom. The highest BCUT2D eigenvalue weighted by Gasteiger charge is 2.24. The van der Waals surface area contributed by atoms with E-state index in [1.807, 2.05) is 30.3 Å². The number of benzene rings is 3. The number of rotatable bonds is 12. The van der Waals surface area contributed by atoms with Crippen LogP contribution >= 0.6 is 0 Å². The molecule has 0 radical (unpaired) electrons. The predicted molar refractivity (Wildman–Crippen MR) is 155 cm³/mol. The molecule has 1 heterocycles. The van der Waals surface area contributed by atoms with Gasteiger partial charge in [-0.3, -0.25) is 14.4 Å². The van der Waals surface area contributed by atoms with Gasteiger partial charge >= 0.3 is 0 Å². The van der Waals surface area contributed by atoms with Crippen molar-refractivity contribution in [3.8, 4) is 17.2 Å². The Hall–Kier alpha value is -5.35. The topological polar surface area (TPSA) is 126 Å². The van der Waals surface area contributed by atoms with Crippen LogP contribution in [0.2, 0.25) is 0 Å². The van der Waals surface area contributed by atoms with Crippen LogP contribution in [0.4, 0.5) is 5.82 Å². The first-order valence-corrected chi connectivity index (χ1v) is 13.0. The third kappa shape index (κ3) is 6.51. The summed E-state index contributed by atoms with van der Waals surface area (Å²) in [5.41, 5.74) is 2.00. The number of carbonyl (C=O) groups is 3. The summed E-state index contributed by atoms with van der Waals surface area (Å²) >= 11 is 0. The van der Waals surface area contributed by atoms with Crippen LogP contribution in [0.25, 0.3) is 10.9 Å². The van der Waals surface area contributed by atoms with E-state index in [0.717, 1.165) is 17.7 Å². The highest BCUT2D eigenvalue weighted by molar-refractivity contribution is 6.20. The van der Waals surface area contributed by atoms with Crippen molar-refractivity contribution in [1.82, 2.24) is 9.97 Å². The summed E-state index contributed by atoms with van der Waals surface area (Å²) in [6.45, 7) is 0.729. The maximum absolute atomic E-state index is 12.9. The normalized spacial score (nSPS) is 12.9. The Morgan fingerprint density at radius 1 is 0.857 bits per heavy atom. The lowest BCUT2D eigenvalue weighted by atomic mass is 10.0. The molecule has 0 unspecified atom stereocenters. The van der Waals surface area contributed by atoms with Gasteiger partial charge in [0, 0.05) is 42.7 Å². The van der Waals surface area contributed by atoms with Crippen LogP contribution < -0.4 is 19.5 Å². The largest absolute Gasteiger partial charge is 0.493 e. The van der Waals surface area contributed by atoms with Gasteiger partial charge in [0.15, 0.2) is 23.0 Å². The van der Waals surface area contributed by atoms with Crippen molar-refractivity contribution in [2.75, 3.05) is 32.8 Å². The molecule has 1 aromatic heterocycles. The van der Waals surface area contributed by atoms with Gasteiger partial charge < -0.3 is 24.3 Å². The van der Waals surface area contributed by atoms with E-state index in [1.54, 1.807) is 43.5 Å². The monoisotopic (exact) mass is 565 g/mol. The summed E-state index contributed by atoms with van der Waals surface area (Å²) in [5.74, 6) is 0.389. The quantitative estimate of drug-likeness (QED) is 0.149. The molecule has 0 amide bonds. The molecule has 0 saturated carbocycles. The Morgan fingerprint density at radius 2 is 1.64 bits per heavy atom. The Bertz CT molecular complexity index is 1700. The first-order valence-electron chi connectivity index (χ1n) is 13.0. The second-order valence-corrected chi connectivity index (χ2v) is 9.22. The predicted octanol–water partition coefficient (Wildman–Crippen LogP) is 4.50. The van der Waals surface area contributed by atoms with E-state index >= 15 is 0 Å². The summed E-state index contributed by atoms with van der Waals surface area (Å²) in [5, 5.41) is 3.49. The molecule has 42 heavy (non-hydrogen) atoms. The number of aromatic nitrogens is 2. The number of fused-ring (bicyclic) bond motifs is 1. The zero-order valence-corrected chi connectivity index (χ0v) is 23.0. The molecule has 10 nitrogen and oxygen atoms in total. The maximum Gasteiger partial charge on any atom is 0.223 e. The summed E-state index contributed by atoms with van der Waals surface area (Å²) in [4.78, 5) is 46.9. The number of anilines is 1. The number of hydrogen-bond acceptors (Lipinski definition) is 10. The van der Waals surface area contributed by atoms with Gasteiger partial charge in [-0.2, -0.15) is 0 Å². The number of hydrogen-bond donors (Lipinski definition) is 1. The molecule has 1 aliphatic rings. The van der Waals surface area contributed by atoms with Crippen LogP contribution in [-0.2, 0) is 20.7 Å². The van der Waals surface area contributed by atoms with Crippen molar-refractivity contribution < 1.29 is 33.3 Å². The summed E-state index contributed by atoms with van der Waals surface area (Å²) < 4.78 is 21.9. The fourth-order valence-corrected chi connectivity index (χ4v) is 4.24. The molecule has 5 rings (SSSR count). The molecule has 212 valence electrons. The van der Waals surface area contributed by atoms with Crippen LogP contribution in [0.3, 0.4) is 0 Å². The van der Waals surface area contributed by atoms with Crippen molar-refractivity contribution in [2.45, 2.75) is 6.42 Å². The van der Waals surface area contributed by atoms with Gasteiger partial charge in [0.1, 0.15) is 24.5 Å². The number of nitrogens with one attached hydrogen (secondary N) is 1. The van der Waals surface area contributed by atoms with Crippen LogP contribution in [0.15, 0.2) is 96.7 Å². The number of Topliss-reactive ketones (excluding diaryl/α,β-unsaturated/α-hetero) is 1. The van der Waals surface area contributed by atoms with Gasteiger partial charge in [0.05, 0.1) is 24.9 Å². The Labute approximate surface area is 241 Å². The van der Waals surface area contributed by atoms with Gasteiger partial charge in [0.25, 0.3) is 0 Å². The van der Waals surface area contributed by atoms with E-state index in [0.29, 0.717) is 52.7 Å². The van der Waals surface area contributed by atoms with Crippen molar-refractivity contribution in [3.63, 3.8) is 0 Å². The average Bonchev–Trinajstić information content (AvgIpc) is 3.00. The second kappa shape index (κ2) is 12.9. The van der Waals surface area contributed by atoms with Crippen LogP contribution in [0, 0.1) is 0 Å². The minimum absolute atomic E-state index is 0.0218. The number of allylic oxidation sites excluding steroid dienone is 2. The zero-order valence-electron chi connectivity index (χ0n) is 23.0. The highest BCUT2D eigenvalue weighted by Crippen LogP contribution is 2.34. The molecule has 0 fully saturated rings. The number of methoxy groups -OCH3 is 2. The van der Waals surface area contributed by atoms with Gasteiger partial charge in [0.2, 0.25) is 11.6 Å². The van der Waals surface area contributed by atoms with Gasteiger partial charge in [-0.25, -0.2) is 9.97 Å². The molecular weight excluding hydrogens is 538 g/mol. The molecule has 0 bridgehead atoms. The minimum atomic E-state index is -0.508. The third-order valence-electron chi connectivity index (χ3n) is 6.38. The molecule has 0 spiro atoms. The van der Waals surface area contributed by atoms with Gasteiger partial charge in [-0.1, -0.05) is 30.3 Å². The minimum Gasteiger partial charge on any atom is -0.493 e. The Balaban J connectivity index is 1.27. The molecule has 10 heteroatoms. The number of carbonyl (C=O) groups excluding carboxylic acids is 3. The van der Waals surface area contributed by atoms with Crippen LogP contribution in [0.5, 0.6) is 17.2 Å². The van der Waals surface area contributed by atoms with Crippen LogP contribution in [-0.4, -0.2) is 54.8 Å². The smallest absolute Gasteiger partial charge is 0.223 e. The zero-order chi connectivity index (χ0) is 29.5. The van der Waals surface area contributed by atoms with Crippen molar-refractivity contribution >= 4 is 34.1 Å². The van der Waals surface area contributed by atoms with Crippen molar-refractivity contribution in [3.05, 3.63) is 108 Å². The second-order valence-electron chi connectivity index (χ2n) is 9.22. The number of nitrogens with zero attached hydrogens (tertiary/aromatic N) is 2. The standard InChI is InChI=1S/C32H27N3O7/c1-39-12-13-41-31-17-24-23(15-30(31)40-2)32(34-19-33-24)35-25-16-28(38)29(18-27(25)37)42-22-10-8-21(9-11-22)26(36)14-20-6-4-3-5-7-20/h3-11,15-19H,12-14H2,1-2H3,(H,33,34,35). The van der Waals surface area contributed by atoms with Gasteiger partial charge in [-0.15, -0.1) is 0 Å². The molecule has 0 atom stereocenters. The van der Waals surface area contributed by atoms with E-state index in [2.05, 4.69) is 15.3 Å². The van der Waals surface area contributed by atoms with E-state index in [4.69, 9.17) is 18.9 Å². The first kappa shape index (κ1) is 28.2. The molecular formula is C32H27N3O7. The third-order valence-corrected chi connectivity index (χ3v) is 6.38. The number of ether oxygens (including phenoxy) is 4. The fourth-order valence-electron chi connectivity index (χ4n) is 4.24. The fraction of sp³-hybridized carbons (Fsp3) is 0.156. The molecule has 1 aliphatic carbocycles. The van der Waals surface area contributed by atoms with Crippen molar-refractivity contribution in [2.24, 2.45) is 0 Å². The number of ketones is 3.